The van der Waals surface area contributed by atoms with Gasteiger partial charge in [-0.3, -0.25) is 9.59 Å². The monoisotopic (exact) mass is 277 g/mol. The van der Waals surface area contributed by atoms with Crippen molar-refractivity contribution in [3.63, 3.8) is 0 Å². The first-order valence-corrected chi connectivity index (χ1v) is 6.86. The van der Waals surface area contributed by atoms with E-state index in [0.717, 1.165) is 5.56 Å². The summed E-state index contributed by atoms with van der Waals surface area (Å²) in [5.41, 5.74) is 7.39. The van der Waals surface area contributed by atoms with Gasteiger partial charge >= 0.3 is 0 Å². The molecule has 0 fully saturated rings. The Balaban J connectivity index is 2.49. The van der Waals surface area contributed by atoms with Crippen LogP contribution in [0, 0.1) is 0 Å². The highest BCUT2D eigenvalue weighted by atomic mass is 16.2. The number of nitrogen functional groups attached to an aromatic ring is 1. The van der Waals surface area contributed by atoms with Gasteiger partial charge in [-0.1, -0.05) is 19.1 Å². The molecule has 4 N–H and O–H groups in total. The van der Waals surface area contributed by atoms with Crippen LogP contribution < -0.4 is 16.4 Å². The molecule has 0 heterocycles. The molecule has 5 heteroatoms. The van der Waals surface area contributed by atoms with Crippen LogP contribution in [-0.4, -0.2) is 24.4 Å². The maximum absolute atomic E-state index is 11.9. The van der Waals surface area contributed by atoms with Gasteiger partial charge in [-0.2, -0.15) is 0 Å². The highest BCUT2D eigenvalue weighted by Crippen LogP contribution is 2.19. The Bertz CT molecular complexity index is 457. The molecule has 110 valence electrons. The number of hydrogen-bond acceptors (Lipinski definition) is 3. The van der Waals surface area contributed by atoms with Crippen molar-refractivity contribution in [1.82, 2.24) is 10.6 Å². The molecule has 0 saturated heterocycles. The number of rotatable bonds is 6. The molecule has 1 aromatic carbocycles. The summed E-state index contributed by atoms with van der Waals surface area (Å²) in [6.45, 7) is 6.05. The van der Waals surface area contributed by atoms with Crippen molar-refractivity contribution in [3.8, 4) is 0 Å². The number of hydrogen-bond donors (Lipinski definition) is 3. The number of likely N-dealkylation sites (N-methyl/N-ethyl adjacent to an activating group) is 1. The highest BCUT2D eigenvalue weighted by molar-refractivity contribution is 5.87. The molecule has 0 aliphatic heterocycles. The summed E-state index contributed by atoms with van der Waals surface area (Å²) in [4.78, 5) is 23.4. The number of carbonyl (C=O) groups excluding carboxylic acids is 2. The van der Waals surface area contributed by atoms with Crippen molar-refractivity contribution in [2.75, 3.05) is 12.3 Å². The first kappa shape index (κ1) is 16.0. The molecule has 0 aromatic heterocycles. The van der Waals surface area contributed by atoms with Crippen molar-refractivity contribution >= 4 is 17.5 Å². The Kier molecular flexibility index (Phi) is 6.03. The third-order valence-corrected chi connectivity index (χ3v) is 3.12. The van der Waals surface area contributed by atoms with Crippen LogP contribution in [0.15, 0.2) is 24.3 Å². The maximum atomic E-state index is 11.9. The summed E-state index contributed by atoms with van der Waals surface area (Å²) in [6, 6.07) is 6.96. The van der Waals surface area contributed by atoms with Crippen molar-refractivity contribution in [3.05, 3.63) is 29.8 Å². The van der Waals surface area contributed by atoms with E-state index in [1.807, 2.05) is 38.1 Å². The largest absolute Gasteiger partial charge is 0.399 e. The van der Waals surface area contributed by atoms with Crippen LogP contribution >= 0.6 is 0 Å². The van der Waals surface area contributed by atoms with Crippen LogP contribution in [0.1, 0.15) is 38.7 Å². The molecule has 2 unspecified atom stereocenters. The normalized spacial score (nSPS) is 13.3. The lowest BCUT2D eigenvalue weighted by Crippen LogP contribution is -2.44. The molecule has 0 radical (unpaired) electrons. The molecular formula is C15H23N3O2. The van der Waals surface area contributed by atoms with E-state index in [1.165, 1.54) is 0 Å². The van der Waals surface area contributed by atoms with Gasteiger partial charge in [-0.05, 0) is 37.5 Å². The van der Waals surface area contributed by atoms with E-state index in [2.05, 4.69) is 10.6 Å². The summed E-state index contributed by atoms with van der Waals surface area (Å²) in [6.07, 6.45) is 0.341. The second-order valence-electron chi connectivity index (χ2n) is 4.96. The van der Waals surface area contributed by atoms with Gasteiger partial charge in [0.15, 0.2) is 0 Å². The van der Waals surface area contributed by atoms with E-state index in [4.69, 9.17) is 5.73 Å². The molecule has 0 saturated carbocycles. The third-order valence-electron chi connectivity index (χ3n) is 3.12. The van der Waals surface area contributed by atoms with Crippen LogP contribution in [0.2, 0.25) is 0 Å². The minimum Gasteiger partial charge on any atom is -0.399 e. The lowest BCUT2D eigenvalue weighted by molar-refractivity contribution is -0.128. The third kappa shape index (κ3) is 4.91. The molecule has 0 spiro atoms. The number of carbonyl (C=O) groups is 2. The fourth-order valence-electron chi connectivity index (χ4n) is 1.91. The lowest BCUT2D eigenvalue weighted by Gasteiger charge is -2.16. The van der Waals surface area contributed by atoms with Crippen LogP contribution in [0.25, 0.3) is 0 Å². The Labute approximate surface area is 119 Å². The van der Waals surface area contributed by atoms with Crippen LogP contribution in [-0.2, 0) is 9.59 Å². The number of benzene rings is 1. The SMILES string of the molecule is CCNC(=O)C(C)NC(=O)CC(C)c1ccc(N)cc1. The van der Waals surface area contributed by atoms with Crippen molar-refractivity contribution < 1.29 is 9.59 Å². The zero-order chi connectivity index (χ0) is 15.1. The maximum Gasteiger partial charge on any atom is 0.242 e. The number of anilines is 1. The fourth-order valence-corrected chi connectivity index (χ4v) is 1.91. The molecular weight excluding hydrogens is 254 g/mol. The lowest BCUT2D eigenvalue weighted by atomic mass is 9.97. The molecule has 5 nitrogen and oxygen atoms in total. The van der Waals surface area contributed by atoms with Crippen molar-refractivity contribution in [2.45, 2.75) is 39.2 Å². The van der Waals surface area contributed by atoms with Gasteiger partial charge in [0.05, 0.1) is 0 Å². The quantitative estimate of drug-likeness (QED) is 0.687. The molecule has 1 rings (SSSR count). The topological polar surface area (TPSA) is 84.2 Å². The van der Waals surface area contributed by atoms with E-state index < -0.39 is 6.04 Å². The van der Waals surface area contributed by atoms with Gasteiger partial charge in [-0.15, -0.1) is 0 Å². The second kappa shape index (κ2) is 7.53. The number of amides is 2. The zero-order valence-corrected chi connectivity index (χ0v) is 12.3. The number of nitrogens with one attached hydrogen (secondary N) is 2. The van der Waals surface area contributed by atoms with E-state index in [-0.39, 0.29) is 17.7 Å². The van der Waals surface area contributed by atoms with Crippen LogP contribution in [0.3, 0.4) is 0 Å². The Morgan fingerprint density at radius 1 is 1.20 bits per heavy atom. The first-order chi connectivity index (χ1) is 9.43. The van der Waals surface area contributed by atoms with Crippen LogP contribution in [0.4, 0.5) is 5.69 Å². The molecule has 0 aliphatic carbocycles. The summed E-state index contributed by atoms with van der Waals surface area (Å²) in [5.74, 6) is -0.217. The summed E-state index contributed by atoms with van der Waals surface area (Å²) >= 11 is 0. The molecule has 2 atom stereocenters. The average Bonchev–Trinajstić information content (AvgIpc) is 2.39. The van der Waals surface area contributed by atoms with E-state index in [9.17, 15) is 9.59 Å². The van der Waals surface area contributed by atoms with Crippen molar-refractivity contribution in [1.29, 1.82) is 0 Å². The Hall–Kier alpha value is -2.04. The van der Waals surface area contributed by atoms with E-state index >= 15 is 0 Å². The average molecular weight is 277 g/mol. The molecule has 0 bridgehead atoms. The minimum absolute atomic E-state index is 0.0806. The van der Waals surface area contributed by atoms with E-state index in [1.54, 1.807) is 6.92 Å². The molecule has 20 heavy (non-hydrogen) atoms. The Morgan fingerprint density at radius 3 is 2.35 bits per heavy atom. The number of nitrogens with two attached hydrogens (primary N) is 1. The summed E-state index contributed by atoms with van der Waals surface area (Å²) in [7, 11) is 0. The van der Waals surface area contributed by atoms with Gasteiger partial charge in [0.25, 0.3) is 0 Å². The standard InChI is InChI=1S/C15H23N3O2/c1-4-17-15(20)11(3)18-14(19)9-10(2)12-5-7-13(16)8-6-12/h5-8,10-11H,4,9,16H2,1-3H3,(H,17,20)(H,18,19). The molecule has 2 amide bonds. The summed E-state index contributed by atoms with van der Waals surface area (Å²) < 4.78 is 0. The van der Waals surface area contributed by atoms with Gasteiger partial charge < -0.3 is 16.4 Å². The van der Waals surface area contributed by atoms with Gasteiger partial charge in [0, 0.05) is 18.7 Å². The fraction of sp³-hybridized carbons (Fsp3) is 0.467. The second-order valence-corrected chi connectivity index (χ2v) is 4.96. The Morgan fingerprint density at radius 2 is 1.80 bits per heavy atom. The first-order valence-electron chi connectivity index (χ1n) is 6.86. The van der Waals surface area contributed by atoms with Gasteiger partial charge in [0.1, 0.15) is 6.04 Å². The molecule has 0 aliphatic rings. The zero-order valence-electron chi connectivity index (χ0n) is 12.3. The van der Waals surface area contributed by atoms with E-state index in [0.29, 0.717) is 18.7 Å². The van der Waals surface area contributed by atoms with Gasteiger partial charge in [-0.25, -0.2) is 0 Å². The predicted molar refractivity (Wildman–Crippen MR) is 80.2 cm³/mol. The van der Waals surface area contributed by atoms with Crippen molar-refractivity contribution in [2.24, 2.45) is 0 Å². The van der Waals surface area contributed by atoms with Gasteiger partial charge in [0.2, 0.25) is 11.8 Å². The summed E-state index contributed by atoms with van der Waals surface area (Å²) in [5, 5.41) is 5.38. The predicted octanol–water partition coefficient (Wildman–Crippen LogP) is 1.40. The molecule has 1 aromatic rings. The smallest absolute Gasteiger partial charge is 0.242 e. The van der Waals surface area contributed by atoms with Crippen LogP contribution in [0.5, 0.6) is 0 Å². The highest BCUT2D eigenvalue weighted by Gasteiger charge is 2.17. The minimum atomic E-state index is -0.513.